The predicted octanol–water partition coefficient (Wildman–Crippen LogP) is 3.61. The Hall–Kier alpha value is -3.21. The minimum absolute atomic E-state index is 0.422. The van der Waals surface area contributed by atoms with E-state index in [2.05, 4.69) is 15.0 Å². The monoisotopic (exact) mass is 316 g/mol. The Bertz CT molecular complexity index is 993. The van der Waals surface area contributed by atoms with Gasteiger partial charge in [0.2, 0.25) is 0 Å². The van der Waals surface area contributed by atoms with E-state index in [0.29, 0.717) is 12.4 Å². The van der Waals surface area contributed by atoms with Crippen molar-refractivity contribution in [2.24, 2.45) is 7.05 Å². The van der Waals surface area contributed by atoms with Crippen molar-refractivity contribution in [2.45, 2.75) is 6.61 Å². The minimum atomic E-state index is 0.422. The van der Waals surface area contributed by atoms with Gasteiger partial charge in [-0.1, -0.05) is 30.3 Å². The first-order chi connectivity index (χ1) is 11.8. The average molecular weight is 316 g/mol. The number of aryl methyl sites for hydroxylation is 1. The minimum Gasteiger partial charge on any atom is -0.486 e. The van der Waals surface area contributed by atoms with E-state index in [9.17, 15) is 0 Å². The molecule has 0 amide bonds. The van der Waals surface area contributed by atoms with Gasteiger partial charge in [0.15, 0.2) is 5.82 Å². The van der Waals surface area contributed by atoms with E-state index in [1.807, 2.05) is 72.5 Å². The van der Waals surface area contributed by atoms with Gasteiger partial charge >= 0.3 is 0 Å². The Kier molecular flexibility index (Phi) is 3.67. The van der Waals surface area contributed by atoms with E-state index < -0.39 is 0 Å². The number of rotatable bonds is 4. The molecule has 2 aromatic heterocycles. The van der Waals surface area contributed by atoms with Crippen LogP contribution in [-0.4, -0.2) is 19.5 Å². The molecule has 2 heterocycles. The summed E-state index contributed by atoms with van der Waals surface area (Å²) in [6.45, 7) is 0.422. The molecule has 0 spiro atoms. The highest BCUT2D eigenvalue weighted by Gasteiger charge is 2.06. The zero-order chi connectivity index (χ0) is 16.4. The Morgan fingerprint density at radius 2 is 1.96 bits per heavy atom. The smallest absolute Gasteiger partial charge is 0.159 e. The second-order valence-electron chi connectivity index (χ2n) is 5.52. The van der Waals surface area contributed by atoms with Crippen molar-refractivity contribution in [3.05, 3.63) is 72.9 Å². The summed E-state index contributed by atoms with van der Waals surface area (Å²) < 4.78 is 7.78. The van der Waals surface area contributed by atoms with Crippen molar-refractivity contribution >= 4 is 10.9 Å². The van der Waals surface area contributed by atoms with Gasteiger partial charge in [0.25, 0.3) is 0 Å². The van der Waals surface area contributed by atoms with Crippen LogP contribution in [0.5, 0.6) is 5.75 Å². The molecule has 0 unspecified atom stereocenters. The molecule has 118 valence electrons. The molecule has 2 aromatic carbocycles. The van der Waals surface area contributed by atoms with Crippen LogP contribution in [0.25, 0.3) is 22.3 Å². The highest BCUT2D eigenvalue weighted by atomic mass is 16.5. The van der Waals surface area contributed by atoms with Crippen molar-refractivity contribution in [1.82, 2.24) is 19.5 Å². The lowest BCUT2D eigenvalue weighted by atomic mass is 10.2. The SMILES string of the molecule is Cn1ccnc1COc1cccc(-c2ncc3ccccc3n2)c1. The molecule has 4 rings (SSSR count). The van der Waals surface area contributed by atoms with Gasteiger partial charge in [0.05, 0.1) is 5.52 Å². The summed E-state index contributed by atoms with van der Waals surface area (Å²) in [5, 5.41) is 1.03. The second kappa shape index (κ2) is 6.12. The van der Waals surface area contributed by atoms with Crippen LogP contribution in [0.2, 0.25) is 0 Å². The van der Waals surface area contributed by atoms with E-state index in [0.717, 1.165) is 28.0 Å². The van der Waals surface area contributed by atoms with Crippen LogP contribution in [0.1, 0.15) is 5.82 Å². The lowest BCUT2D eigenvalue weighted by molar-refractivity contribution is 0.292. The van der Waals surface area contributed by atoms with E-state index in [1.54, 1.807) is 6.20 Å². The standard InChI is InChI=1S/C19H16N4O/c1-23-10-9-20-18(23)13-24-16-7-4-6-14(11-16)19-21-12-15-5-2-3-8-17(15)22-19/h2-12H,13H2,1H3. The summed E-state index contributed by atoms with van der Waals surface area (Å²) in [7, 11) is 1.95. The van der Waals surface area contributed by atoms with Crippen LogP contribution in [-0.2, 0) is 13.7 Å². The number of benzene rings is 2. The third-order valence-electron chi connectivity index (χ3n) is 3.87. The fourth-order valence-corrected chi connectivity index (χ4v) is 2.52. The van der Waals surface area contributed by atoms with Crippen molar-refractivity contribution in [1.29, 1.82) is 0 Å². The molecule has 0 aliphatic rings. The molecule has 0 N–H and O–H groups in total. The topological polar surface area (TPSA) is 52.8 Å². The number of nitrogens with zero attached hydrogens (tertiary/aromatic N) is 4. The van der Waals surface area contributed by atoms with Gasteiger partial charge < -0.3 is 9.30 Å². The first kappa shape index (κ1) is 14.4. The lowest BCUT2D eigenvalue weighted by Gasteiger charge is -2.08. The maximum atomic E-state index is 5.84. The number of aromatic nitrogens is 4. The van der Waals surface area contributed by atoms with Crippen LogP contribution >= 0.6 is 0 Å². The highest BCUT2D eigenvalue weighted by molar-refractivity contribution is 5.79. The summed E-state index contributed by atoms with van der Waals surface area (Å²) in [6, 6.07) is 15.8. The summed E-state index contributed by atoms with van der Waals surface area (Å²) >= 11 is 0. The Morgan fingerprint density at radius 1 is 1.04 bits per heavy atom. The number of ether oxygens (including phenoxy) is 1. The van der Waals surface area contributed by atoms with Crippen molar-refractivity contribution in [3.63, 3.8) is 0 Å². The third kappa shape index (κ3) is 2.84. The van der Waals surface area contributed by atoms with Gasteiger partial charge in [-0.25, -0.2) is 15.0 Å². The van der Waals surface area contributed by atoms with E-state index >= 15 is 0 Å². The van der Waals surface area contributed by atoms with Crippen LogP contribution in [0.4, 0.5) is 0 Å². The molecule has 0 fully saturated rings. The Labute approximate surface area is 139 Å². The molecular formula is C19H16N4O. The molecule has 0 bridgehead atoms. The summed E-state index contributed by atoms with van der Waals surface area (Å²) in [5.74, 6) is 2.34. The molecule has 5 nitrogen and oxygen atoms in total. The normalized spacial score (nSPS) is 10.9. The summed E-state index contributed by atoms with van der Waals surface area (Å²) in [4.78, 5) is 13.3. The lowest BCUT2D eigenvalue weighted by Crippen LogP contribution is -2.03. The number of fused-ring (bicyclic) bond motifs is 1. The molecule has 0 aliphatic heterocycles. The van der Waals surface area contributed by atoms with Crippen molar-refractivity contribution in [3.8, 4) is 17.1 Å². The zero-order valence-electron chi connectivity index (χ0n) is 13.3. The van der Waals surface area contributed by atoms with Gasteiger partial charge in [-0.3, -0.25) is 0 Å². The molecular weight excluding hydrogens is 300 g/mol. The van der Waals surface area contributed by atoms with E-state index in [1.165, 1.54) is 0 Å². The summed E-state index contributed by atoms with van der Waals surface area (Å²) in [5.41, 5.74) is 1.86. The van der Waals surface area contributed by atoms with Crippen LogP contribution in [0, 0.1) is 0 Å². The summed E-state index contributed by atoms with van der Waals surface area (Å²) in [6.07, 6.45) is 5.51. The molecule has 24 heavy (non-hydrogen) atoms. The fraction of sp³-hybridized carbons (Fsp3) is 0.105. The third-order valence-corrected chi connectivity index (χ3v) is 3.87. The van der Waals surface area contributed by atoms with E-state index in [4.69, 9.17) is 4.74 Å². The number of hydrogen-bond donors (Lipinski definition) is 0. The maximum Gasteiger partial charge on any atom is 0.159 e. The highest BCUT2D eigenvalue weighted by Crippen LogP contribution is 2.23. The Morgan fingerprint density at radius 3 is 2.83 bits per heavy atom. The zero-order valence-corrected chi connectivity index (χ0v) is 13.3. The fourth-order valence-electron chi connectivity index (χ4n) is 2.52. The van der Waals surface area contributed by atoms with Crippen LogP contribution in [0.3, 0.4) is 0 Å². The second-order valence-corrected chi connectivity index (χ2v) is 5.52. The predicted molar refractivity (Wildman–Crippen MR) is 92.5 cm³/mol. The molecule has 0 saturated heterocycles. The molecule has 0 saturated carbocycles. The quantitative estimate of drug-likeness (QED) is 0.577. The van der Waals surface area contributed by atoms with Crippen LogP contribution < -0.4 is 4.74 Å². The van der Waals surface area contributed by atoms with Gasteiger partial charge in [-0.15, -0.1) is 0 Å². The largest absolute Gasteiger partial charge is 0.486 e. The van der Waals surface area contributed by atoms with Gasteiger partial charge in [0.1, 0.15) is 18.2 Å². The number of para-hydroxylation sites is 1. The molecule has 0 aliphatic carbocycles. The number of imidazole rings is 1. The molecule has 0 radical (unpaired) electrons. The maximum absolute atomic E-state index is 5.84. The Balaban J connectivity index is 1.60. The van der Waals surface area contributed by atoms with Crippen molar-refractivity contribution in [2.75, 3.05) is 0 Å². The molecule has 0 atom stereocenters. The van der Waals surface area contributed by atoms with Gasteiger partial charge in [-0.2, -0.15) is 0 Å². The molecule has 4 aromatic rings. The molecule has 5 heteroatoms. The van der Waals surface area contributed by atoms with Gasteiger partial charge in [-0.05, 0) is 18.2 Å². The van der Waals surface area contributed by atoms with Gasteiger partial charge in [0, 0.05) is 36.6 Å². The first-order valence-corrected chi connectivity index (χ1v) is 7.71. The average Bonchev–Trinajstić information content (AvgIpc) is 3.05. The van der Waals surface area contributed by atoms with Crippen LogP contribution in [0.15, 0.2) is 67.1 Å². The van der Waals surface area contributed by atoms with E-state index in [-0.39, 0.29) is 0 Å². The first-order valence-electron chi connectivity index (χ1n) is 7.71. The number of hydrogen-bond acceptors (Lipinski definition) is 4. The van der Waals surface area contributed by atoms with Crippen molar-refractivity contribution < 1.29 is 4.74 Å².